The van der Waals surface area contributed by atoms with Crippen LogP contribution in [0.15, 0.2) is 60.1 Å². The van der Waals surface area contributed by atoms with Gasteiger partial charge in [0.25, 0.3) is 5.91 Å². The molecule has 1 saturated heterocycles. The topological polar surface area (TPSA) is 123 Å². The second-order valence-corrected chi connectivity index (χ2v) is 9.39. The fourth-order valence-corrected chi connectivity index (χ4v) is 3.43. The number of benzene rings is 2. The number of ether oxygens (including phenoxy) is 1. The molecule has 0 radical (unpaired) electrons. The fraction of sp³-hybridized carbons (Fsp3) is 0.346. The van der Waals surface area contributed by atoms with Gasteiger partial charge in [-0.3, -0.25) is 9.59 Å². The molecule has 0 aromatic heterocycles. The zero-order chi connectivity index (χ0) is 26.3. The molecule has 1 aliphatic rings. The first-order valence-corrected chi connectivity index (χ1v) is 11.6. The lowest BCUT2D eigenvalue weighted by Gasteiger charge is -2.32. The van der Waals surface area contributed by atoms with E-state index in [9.17, 15) is 14.4 Å². The number of amides is 2. The van der Waals surface area contributed by atoms with E-state index in [0.29, 0.717) is 11.0 Å². The summed E-state index contributed by atoms with van der Waals surface area (Å²) in [5, 5.41) is 14.0. The molecular weight excluding hydrogens is 463 g/mol. The lowest BCUT2D eigenvalue weighted by molar-refractivity contribution is -0.135. The molecule has 190 valence electrons. The first-order valence-electron chi connectivity index (χ1n) is 11.6. The van der Waals surface area contributed by atoms with Crippen LogP contribution in [0.2, 0.25) is 0 Å². The van der Waals surface area contributed by atoms with Gasteiger partial charge in [-0.1, -0.05) is 54.6 Å². The third kappa shape index (κ3) is 6.96. The molecule has 3 N–H and O–H groups in total. The van der Waals surface area contributed by atoms with Gasteiger partial charge in [0.2, 0.25) is 0 Å². The Morgan fingerprint density at radius 2 is 1.53 bits per heavy atom. The Balaban J connectivity index is 1.82. The maximum absolute atomic E-state index is 12.6. The predicted octanol–water partition coefficient (Wildman–Crippen LogP) is 3.44. The Morgan fingerprint density at radius 1 is 0.917 bits per heavy atom. The van der Waals surface area contributed by atoms with Crippen molar-refractivity contribution in [2.24, 2.45) is 0 Å². The van der Waals surface area contributed by atoms with Crippen LogP contribution in [-0.2, 0) is 25.4 Å². The van der Waals surface area contributed by atoms with Gasteiger partial charge in [0.05, 0.1) is 11.2 Å². The van der Waals surface area contributed by atoms with Gasteiger partial charge in [-0.05, 0) is 50.4 Å². The monoisotopic (exact) mass is 494 g/mol. The number of carbonyl (C=O) groups excluding carboxylic acids is 2. The van der Waals surface area contributed by atoms with E-state index in [-0.39, 0.29) is 18.7 Å². The Bertz CT molecular complexity index is 1120. The molecule has 0 unspecified atom stereocenters. The quantitative estimate of drug-likeness (QED) is 0.457. The minimum absolute atomic E-state index is 0.0372. The van der Waals surface area contributed by atoms with Crippen LogP contribution in [0.4, 0.5) is 4.79 Å². The summed E-state index contributed by atoms with van der Waals surface area (Å²) >= 11 is 0. The Labute approximate surface area is 211 Å². The van der Waals surface area contributed by atoms with Crippen molar-refractivity contribution in [1.29, 1.82) is 0 Å². The highest BCUT2D eigenvalue weighted by Gasteiger charge is 2.52. The lowest BCUT2D eigenvalue weighted by Crippen LogP contribution is -2.41. The molecular formula is C26H31BN2O7. The van der Waals surface area contributed by atoms with E-state index in [4.69, 9.17) is 19.2 Å². The molecule has 3 rings (SSSR count). The first kappa shape index (κ1) is 27.0. The van der Waals surface area contributed by atoms with Crippen molar-refractivity contribution in [1.82, 2.24) is 10.6 Å². The molecule has 2 amide bonds. The van der Waals surface area contributed by atoms with Crippen molar-refractivity contribution >= 4 is 31.2 Å². The number of aliphatic carboxylic acids is 1. The van der Waals surface area contributed by atoms with Crippen LogP contribution in [0.3, 0.4) is 0 Å². The number of nitrogens with one attached hydrogen (secondary N) is 2. The van der Waals surface area contributed by atoms with E-state index < -0.39 is 42.8 Å². The van der Waals surface area contributed by atoms with Crippen molar-refractivity contribution in [3.05, 3.63) is 76.8 Å². The van der Waals surface area contributed by atoms with Crippen LogP contribution >= 0.6 is 0 Å². The summed E-state index contributed by atoms with van der Waals surface area (Å²) in [6.07, 6.45) is 1.09. The molecule has 0 bridgehead atoms. The smallest absolute Gasteiger partial charge is 0.480 e. The maximum Gasteiger partial charge on any atom is 0.492 e. The molecule has 1 fully saturated rings. The van der Waals surface area contributed by atoms with E-state index in [1.54, 1.807) is 30.3 Å². The molecule has 36 heavy (non-hydrogen) atoms. The minimum Gasteiger partial charge on any atom is -0.480 e. The maximum atomic E-state index is 12.6. The fourth-order valence-electron chi connectivity index (χ4n) is 3.43. The highest BCUT2D eigenvalue weighted by Crippen LogP contribution is 2.38. The van der Waals surface area contributed by atoms with E-state index in [1.807, 2.05) is 58.0 Å². The lowest BCUT2D eigenvalue weighted by atomic mass is 9.76. The molecule has 1 heterocycles. The summed E-state index contributed by atoms with van der Waals surface area (Å²) in [7, 11) is -0.792. The third-order valence-corrected chi connectivity index (χ3v) is 6.15. The van der Waals surface area contributed by atoms with Crippen molar-refractivity contribution in [2.45, 2.75) is 45.5 Å². The zero-order valence-electron chi connectivity index (χ0n) is 20.9. The second-order valence-electron chi connectivity index (χ2n) is 9.39. The van der Waals surface area contributed by atoms with Gasteiger partial charge in [0.15, 0.2) is 0 Å². The Kier molecular flexibility index (Phi) is 8.55. The molecule has 1 aliphatic heterocycles. The number of carboxylic acid groups (broad SMARTS) is 1. The highest BCUT2D eigenvalue weighted by molar-refractivity contribution is 6.56. The minimum atomic E-state index is -1.15. The number of alkyl carbamates (subject to hydrolysis) is 1. The molecule has 0 atom stereocenters. The van der Waals surface area contributed by atoms with Crippen LogP contribution in [0.1, 0.15) is 49.2 Å². The van der Waals surface area contributed by atoms with Crippen molar-refractivity contribution < 1.29 is 33.5 Å². The van der Waals surface area contributed by atoms with Gasteiger partial charge < -0.3 is 29.8 Å². The summed E-state index contributed by atoms with van der Waals surface area (Å²) in [4.78, 5) is 35.9. The van der Waals surface area contributed by atoms with Crippen LogP contribution in [0.25, 0.3) is 6.08 Å². The molecule has 9 nitrogen and oxygen atoms in total. The SMILES string of the molecule is CC1(C)OB(C(=Cc2ccccc2C(=O)NCC(=O)O)CNC(=O)OCc2ccccc2)OC1(C)C. The summed E-state index contributed by atoms with van der Waals surface area (Å²) in [5.74, 6) is -1.68. The van der Waals surface area contributed by atoms with Crippen LogP contribution in [-0.4, -0.2) is 54.5 Å². The zero-order valence-corrected chi connectivity index (χ0v) is 20.9. The highest BCUT2D eigenvalue weighted by atomic mass is 16.7. The molecule has 0 saturated carbocycles. The van der Waals surface area contributed by atoms with Gasteiger partial charge in [0.1, 0.15) is 13.2 Å². The van der Waals surface area contributed by atoms with Gasteiger partial charge in [-0.15, -0.1) is 0 Å². The Morgan fingerprint density at radius 3 is 2.17 bits per heavy atom. The summed E-state index contributed by atoms with van der Waals surface area (Å²) < 4.78 is 17.7. The molecule has 0 spiro atoms. The number of hydrogen-bond donors (Lipinski definition) is 3. The molecule has 10 heteroatoms. The second kappa shape index (κ2) is 11.4. The number of carboxylic acids is 1. The number of hydrogen-bond acceptors (Lipinski definition) is 6. The largest absolute Gasteiger partial charge is 0.492 e. The van der Waals surface area contributed by atoms with Gasteiger partial charge in [-0.25, -0.2) is 4.79 Å². The van der Waals surface area contributed by atoms with Crippen LogP contribution in [0.5, 0.6) is 0 Å². The summed E-state index contributed by atoms with van der Waals surface area (Å²) in [5.41, 5.74) is 0.967. The predicted molar refractivity (Wildman–Crippen MR) is 135 cm³/mol. The van der Waals surface area contributed by atoms with Gasteiger partial charge in [-0.2, -0.15) is 0 Å². The average Bonchev–Trinajstić information content (AvgIpc) is 3.06. The normalized spacial score (nSPS) is 16.3. The van der Waals surface area contributed by atoms with Crippen molar-refractivity contribution in [2.75, 3.05) is 13.1 Å². The Hall–Kier alpha value is -3.63. The van der Waals surface area contributed by atoms with Crippen molar-refractivity contribution in [3.8, 4) is 0 Å². The molecule has 2 aromatic carbocycles. The van der Waals surface area contributed by atoms with Crippen molar-refractivity contribution in [3.63, 3.8) is 0 Å². The van der Waals surface area contributed by atoms with E-state index in [0.717, 1.165) is 5.56 Å². The molecule has 0 aliphatic carbocycles. The van der Waals surface area contributed by atoms with Crippen LogP contribution in [0, 0.1) is 0 Å². The number of carbonyl (C=O) groups is 3. The number of rotatable bonds is 9. The van der Waals surface area contributed by atoms with Gasteiger partial charge in [0, 0.05) is 12.1 Å². The van der Waals surface area contributed by atoms with E-state index >= 15 is 0 Å². The van der Waals surface area contributed by atoms with E-state index in [1.165, 1.54) is 0 Å². The summed E-state index contributed by atoms with van der Waals surface area (Å²) in [6.45, 7) is 7.32. The average molecular weight is 494 g/mol. The van der Waals surface area contributed by atoms with Gasteiger partial charge >= 0.3 is 19.2 Å². The first-order chi connectivity index (χ1) is 17.0. The third-order valence-electron chi connectivity index (χ3n) is 6.15. The standard InChI is InChI=1S/C26H31BN2O7/c1-25(2)26(3,4)36-27(35-25)20(15-29-24(33)34-17-18-10-6-5-7-11-18)14-19-12-8-9-13-21(19)23(32)28-16-22(30)31/h5-14H,15-17H2,1-4H3,(H,28,32)(H,29,33)(H,30,31). The summed E-state index contributed by atoms with van der Waals surface area (Å²) in [6, 6.07) is 16.1. The van der Waals surface area contributed by atoms with E-state index in [2.05, 4.69) is 10.6 Å². The van der Waals surface area contributed by atoms with Crippen LogP contribution < -0.4 is 10.6 Å². The molecule has 2 aromatic rings.